The molecule has 0 saturated heterocycles. The SMILES string of the molecule is NC(=O)c1cc(S(=O)(=O)Nc2cccc(NS(=O)(=O)c3ccccc3)c2)ccc1O. The molecular weight excluding hydrogens is 430 g/mol. The van der Waals surface area contributed by atoms with Crippen molar-refractivity contribution in [3.8, 4) is 5.75 Å². The van der Waals surface area contributed by atoms with E-state index in [0.717, 1.165) is 18.2 Å². The van der Waals surface area contributed by atoms with Gasteiger partial charge in [-0.1, -0.05) is 24.3 Å². The molecular formula is C19H17N3O6S2. The second kappa shape index (κ2) is 8.05. The summed E-state index contributed by atoms with van der Waals surface area (Å²) in [5.41, 5.74) is 5.00. The van der Waals surface area contributed by atoms with Gasteiger partial charge in [0.2, 0.25) is 0 Å². The van der Waals surface area contributed by atoms with E-state index < -0.39 is 31.7 Å². The van der Waals surface area contributed by atoms with Crippen LogP contribution in [0.15, 0.2) is 82.6 Å². The van der Waals surface area contributed by atoms with Crippen molar-refractivity contribution in [3.05, 3.63) is 78.4 Å². The molecule has 5 N–H and O–H groups in total. The zero-order chi connectivity index (χ0) is 21.9. The number of primary amides is 1. The molecule has 0 radical (unpaired) electrons. The van der Waals surface area contributed by atoms with E-state index in [1.807, 2.05) is 0 Å². The normalized spacial score (nSPS) is 11.6. The molecule has 156 valence electrons. The first-order valence-corrected chi connectivity index (χ1v) is 11.4. The van der Waals surface area contributed by atoms with Gasteiger partial charge < -0.3 is 10.8 Å². The van der Waals surface area contributed by atoms with E-state index in [9.17, 15) is 26.7 Å². The van der Waals surface area contributed by atoms with E-state index in [0.29, 0.717) is 0 Å². The first-order valence-electron chi connectivity index (χ1n) is 8.42. The molecule has 30 heavy (non-hydrogen) atoms. The van der Waals surface area contributed by atoms with Crippen LogP contribution in [0, 0.1) is 0 Å². The van der Waals surface area contributed by atoms with E-state index in [4.69, 9.17) is 5.73 Å². The van der Waals surface area contributed by atoms with Gasteiger partial charge in [-0.05, 0) is 48.5 Å². The number of nitrogens with one attached hydrogen (secondary N) is 2. The fourth-order valence-corrected chi connectivity index (χ4v) is 4.70. The Morgan fingerprint density at radius 1 is 0.733 bits per heavy atom. The Labute approximate surface area is 173 Å². The average molecular weight is 447 g/mol. The van der Waals surface area contributed by atoms with Crippen LogP contribution >= 0.6 is 0 Å². The zero-order valence-corrected chi connectivity index (χ0v) is 16.9. The van der Waals surface area contributed by atoms with Crippen LogP contribution in [-0.4, -0.2) is 27.8 Å². The number of rotatable bonds is 7. The van der Waals surface area contributed by atoms with E-state index in [-0.39, 0.29) is 26.7 Å². The third-order valence-electron chi connectivity index (χ3n) is 3.96. The summed E-state index contributed by atoms with van der Waals surface area (Å²) in [6.07, 6.45) is 0. The Hall–Kier alpha value is -3.57. The number of anilines is 2. The Kier molecular flexibility index (Phi) is 5.67. The van der Waals surface area contributed by atoms with Crippen LogP contribution in [0.25, 0.3) is 0 Å². The van der Waals surface area contributed by atoms with Gasteiger partial charge in [0.25, 0.3) is 26.0 Å². The monoisotopic (exact) mass is 447 g/mol. The maximum Gasteiger partial charge on any atom is 0.261 e. The summed E-state index contributed by atoms with van der Waals surface area (Å²) in [5, 5.41) is 9.62. The lowest BCUT2D eigenvalue weighted by Gasteiger charge is -2.12. The van der Waals surface area contributed by atoms with Gasteiger partial charge in [0.05, 0.1) is 26.7 Å². The van der Waals surface area contributed by atoms with Crippen LogP contribution < -0.4 is 15.2 Å². The van der Waals surface area contributed by atoms with Crippen molar-refractivity contribution < 1.29 is 26.7 Å². The fourth-order valence-electron chi connectivity index (χ4n) is 2.55. The van der Waals surface area contributed by atoms with Gasteiger partial charge in [0.15, 0.2) is 0 Å². The number of hydrogen-bond acceptors (Lipinski definition) is 6. The van der Waals surface area contributed by atoms with Crippen molar-refractivity contribution in [1.82, 2.24) is 0 Å². The van der Waals surface area contributed by atoms with Gasteiger partial charge in [-0.2, -0.15) is 0 Å². The molecule has 0 bridgehead atoms. The molecule has 0 aliphatic heterocycles. The molecule has 1 amide bonds. The molecule has 0 fully saturated rings. The maximum absolute atomic E-state index is 12.6. The summed E-state index contributed by atoms with van der Waals surface area (Å²) >= 11 is 0. The minimum absolute atomic E-state index is 0.0547. The Bertz CT molecular complexity index is 1310. The second-order valence-electron chi connectivity index (χ2n) is 6.15. The first kappa shape index (κ1) is 21.1. The highest BCUT2D eigenvalue weighted by atomic mass is 32.2. The smallest absolute Gasteiger partial charge is 0.261 e. The van der Waals surface area contributed by atoms with Crippen molar-refractivity contribution in [3.63, 3.8) is 0 Å². The van der Waals surface area contributed by atoms with Crippen LogP contribution in [-0.2, 0) is 20.0 Å². The fraction of sp³-hybridized carbons (Fsp3) is 0. The molecule has 0 aromatic heterocycles. The largest absolute Gasteiger partial charge is 0.507 e. The van der Waals surface area contributed by atoms with Crippen molar-refractivity contribution in [2.75, 3.05) is 9.44 Å². The molecule has 0 unspecified atom stereocenters. The van der Waals surface area contributed by atoms with Gasteiger partial charge >= 0.3 is 0 Å². The van der Waals surface area contributed by atoms with Crippen LogP contribution in [0.1, 0.15) is 10.4 Å². The number of sulfonamides is 2. The summed E-state index contributed by atoms with van der Waals surface area (Å²) in [5.74, 6) is -1.43. The van der Waals surface area contributed by atoms with E-state index in [1.165, 1.54) is 36.4 Å². The van der Waals surface area contributed by atoms with Crippen molar-refractivity contribution in [2.24, 2.45) is 5.73 Å². The zero-order valence-electron chi connectivity index (χ0n) is 15.3. The summed E-state index contributed by atoms with van der Waals surface area (Å²) in [7, 11) is -8.00. The van der Waals surface area contributed by atoms with Crippen molar-refractivity contribution in [2.45, 2.75) is 9.79 Å². The lowest BCUT2D eigenvalue weighted by Crippen LogP contribution is -2.16. The molecule has 0 aliphatic carbocycles. The third kappa shape index (κ3) is 4.70. The number of nitrogens with two attached hydrogens (primary N) is 1. The van der Waals surface area contributed by atoms with Gasteiger partial charge in [-0.25, -0.2) is 16.8 Å². The predicted molar refractivity (Wildman–Crippen MR) is 111 cm³/mol. The highest BCUT2D eigenvalue weighted by molar-refractivity contribution is 7.93. The summed E-state index contributed by atoms with van der Waals surface area (Å²) in [6.45, 7) is 0. The Morgan fingerprint density at radius 3 is 1.87 bits per heavy atom. The standard InChI is InChI=1S/C19H17N3O6S2/c20-19(24)17-12-16(9-10-18(17)23)30(27,28)22-14-6-4-5-13(11-14)21-29(25,26)15-7-2-1-3-8-15/h1-12,21-23H,(H2,20,24). The van der Waals surface area contributed by atoms with Gasteiger partial charge in [-0.3, -0.25) is 14.2 Å². The van der Waals surface area contributed by atoms with Gasteiger partial charge in [-0.15, -0.1) is 0 Å². The molecule has 0 spiro atoms. The van der Waals surface area contributed by atoms with E-state index >= 15 is 0 Å². The topological polar surface area (TPSA) is 156 Å². The highest BCUT2D eigenvalue weighted by Gasteiger charge is 2.19. The summed E-state index contributed by atoms with van der Waals surface area (Å²) < 4.78 is 54.8. The molecule has 3 aromatic rings. The Morgan fingerprint density at radius 2 is 1.30 bits per heavy atom. The van der Waals surface area contributed by atoms with Crippen LogP contribution in [0.3, 0.4) is 0 Å². The molecule has 0 heterocycles. The van der Waals surface area contributed by atoms with E-state index in [1.54, 1.807) is 18.2 Å². The van der Waals surface area contributed by atoms with Crippen LogP contribution in [0.5, 0.6) is 5.75 Å². The molecule has 0 aliphatic rings. The summed E-state index contributed by atoms with van der Waals surface area (Å²) in [4.78, 5) is 11.1. The lowest BCUT2D eigenvalue weighted by atomic mass is 10.2. The number of aromatic hydroxyl groups is 1. The molecule has 11 heteroatoms. The number of carbonyl (C=O) groups excluding carboxylic acids is 1. The number of phenols is 1. The minimum atomic E-state index is -4.14. The molecule has 3 aromatic carbocycles. The number of benzene rings is 3. The number of hydrogen-bond donors (Lipinski definition) is 4. The van der Waals surface area contributed by atoms with Crippen molar-refractivity contribution >= 4 is 37.3 Å². The lowest BCUT2D eigenvalue weighted by molar-refractivity contribution is 0.0997. The highest BCUT2D eigenvalue weighted by Crippen LogP contribution is 2.25. The number of amides is 1. The maximum atomic E-state index is 12.6. The molecule has 9 nitrogen and oxygen atoms in total. The molecule has 0 atom stereocenters. The first-order chi connectivity index (χ1) is 14.1. The van der Waals surface area contributed by atoms with Crippen LogP contribution in [0.4, 0.5) is 11.4 Å². The Balaban J connectivity index is 1.86. The van der Waals surface area contributed by atoms with Crippen LogP contribution in [0.2, 0.25) is 0 Å². The minimum Gasteiger partial charge on any atom is -0.507 e. The predicted octanol–water partition coefficient (Wildman–Crippen LogP) is 2.09. The van der Waals surface area contributed by atoms with E-state index in [2.05, 4.69) is 9.44 Å². The van der Waals surface area contributed by atoms with Gasteiger partial charge in [0, 0.05) is 0 Å². The summed E-state index contributed by atoms with van der Waals surface area (Å²) in [6, 6.07) is 16.4. The molecule has 3 rings (SSSR count). The average Bonchev–Trinajstić information content (AvgIpc) is 2.68. The number of carbonyl (C=O) groups is 1. The van der Waals surface area contributed by atoms with Crippen molar-refractivity contribution in [1.29, 1.82) is 0 Å². The quantitative estimate of drug-likeness (QED) is 0.434. The third-order valence-corrected chi connectivity index (χ3v) is 6.74. The van der Waals surface area contributed by atoms with Gasteiger partial charge in [0.1, 0.15) is 5.75 Å². The molecule has 0 saturated carbocycles. The second-order valence-corrected chi connectivity index (χ2v) is 9.51.